The van der Waals surface area contributed by atoms with Crippen molar-refractivity contribution >= 4 is 16.0 Å². The maximum absolute atomic E-state index is 12.8. The summed E-state index contributed by atoms with van der Waals surface area (Å²) in [6, 6.07) is 10.5. The van der Waals surface area contributed by atoms with Crippen molar-refractivity contribution in [2.75, 3.05) is 25.9 Å². The van der Waals surface area contributed by atoms with E-state index in [2.05, 4.69) is 29.2 Å². The van der Waals surface area contributed by atoms with Gasteiger partial charge in [0.2, 0.25) is 5.91 Å². The van der Waals surface area contributed by atoms with E-state index in [1.54, 1.807) is 4.90 Å². The van der Waals surface area contributed by atoms with Crippen molar-refractivity contribution in [3.8, 4) is 0 Å². The molecule has 1 aromatic rings. The minimum Gasteiger partial charge on any atom is -0.316 e. The van der Waals surface area contributed by atoms with Crippen molar-refractivity contribution in [2.45, 2.75) is 51.3 Å². The quantitative estimate of drug-likeness (QED) is 0.694. The van der Waals surface area contributed by atoms with E-state index in [1.807, 2.05) is 6.07 Å². The molecular weight excluding hydrogens is 364 g/mol. The van der Waals surface area contributed by atoms with Gasteiger partial charge in [-0.05, 0) is 56.7 Å². The molecule has 2 aliphatic rings. The van der Waals surface area contributed by atoms with Crippen LogP contribution >= 0.6 is 0 Å². The summed E-state index contributed by atoms with van der Waals surface area (Å²) in [7, 11) is -3.56. The lowest BCUT2D eigenvalue weighted by Crippen LogP contribution is -2.47. The first kappa shape index (κ1) is 20.3. The Labute approximate surface area is 162 Å². The number of hydrogen-bond donors (Lipinski definition) is 0. The van der Waals surface area contributed by atoms with Crippen molar-refractivity contribution in [3.63, 3.8) is 0 Å². The fraction of sp³-hybridized carbons (Fsp3) is 0.650. The van der Waals surface area contributed by atoms with Crippen LogP contribution in [0.1, 0.15) is 44.1 Å². The Kier molecular flexibility index (Phi) is 6.89. The van der Waals surface area contributed by atoms with E-state index in [0.717, 1.165) is 51.6 Å². The Morgan fingerprint density at radius 1 is 1.07 bits per heavy atom. The van der Waals surface area contributed by atoms with Gasteiger partial charge in [-0.25, -0.2) is 4.18 Å². The van der Waals surface area contributed by atoms with E-state index in [9.17, 15) is 13.2 Å². The molecule has 3 rings (SSSR count). The van der Waals surface area contributed by atoms with Gasteiger partial charge in [0.1, 0.15) is 0 Å². The number of likely N-dealkylation sites (tertiary alicyclic amines) is 2. The topological polar surface area (TPSA) is 66.9 Å². The van der Waals surface area contributed by atoms with Gasteiger partial charge in [-0.2, -0.15) is 8.42 Å². The van der Waals surface area contributed by atoms with Gasteiger partial charge in [0, 0.05) is 19.5 Å². The number of rotatable bonds is 6. The minimum absolute atomic E-state index is 0.0323. The highest BCUT2D eigenvalue weighted by Gasteiger charge is 2.32. The van der Waals surface area contributed by atoms with Crippen LogP contribution in [0.4, 0.5) is 0 Å². The molecule has 27 heavy (non-hydrogen) atoms. The second-order valence-electron chi connectivity index (χ2n) is 7.75. The number of carbonyl (C=O) groups excluding carboxylic acids is 1. The third-order valence-corrected chi connectivity index (χ3v) is 6.05. The largest absolute Gasteiger partial charge is 0.316 e. The van der Waals surface area contributed by atoms with Crippen molar-refractivity contribution in [3.05, 3.63) is 35.9 Å². The molecular formula is C20H30N2O4S. The Morgan fingerprint density at radius 2 is 1.78 bits per heavy atom. The zero-order valence-corrected chi connectivity index (χ0v) is 16.9. The normalized spacial score (nSPS) is 22.7. The van der Waals surface area contributed by atoms with Gasteiger partial charge < -0.3 is 4.90 Å². The third kappa shape index (κ3) is 6.30. The fourth-order valence-corrected chi connectivity index (χ4v) is 4.65. The summed E-state index contributed by atoms with van der Waals surface area (Å²) < 4.78 is 28.1. The average Bonchev–Trinajstić information content (AvgIpc) is 2.63. The van der Waals surface area contributed by atoms with Crippen LogP contribution < -0.4 is 0 Å². The van der Waals surface area contributed by atoms with E-state index in [0.29, 0.717) is 25.3 Å². The molecule has 1 aromatic carbocycles. The van der Waals surface area contributed by atoms with E-state index >= 15 is 0 Å². The first-order valence-corrected chi connectivity index (χ1v) is 11.7. The first-order chi connectivity index (χ1) is 12.9. The van der Waals surface area contributed by atoms with Crippen LogP contribution in [0.5, 0.6) is 0 Å². The molecule has 1 atom stereocenters. The monoisotopic (exact) mass is 394 g/mol. The Balaban J connectivity index is 1.48. The predicted octanol–water partition coefficient (Wildman–Crippen LogP) is 2.60. The molecule has 0 spiro atoms. The van der Waals surface area contributed by atoms with Gasteiger partial charge in [0.15, 0.2) is 6.23 Å². The number of nitrogens with zero attached hydrogens (tertiary/aromatic N) is 2. The van der Waals surface area contributed by atoms with E-state index in [4.69, 9.17) is 4.18 Å². The number of piperidine rings is 2. The number of benzene rings is 1. The van der Waals surface area contributed by atoms with Gasteiger partial charge in [-0.1, -0.05) is 30.3 Å². The molecule has 0 bridgehead atoms. The molecule has 1 amide bonds. The second-order valence-corrected chi connectivity index (χ2v) is 9.35. The lowest BCUT2D eigenvalue weighted by Gasteiger charge is -2.37. The summed E-state index contributed by atoms with van der Waals surface area (Å²) >= 11 is 0. The predicted molar refractivity (Wildman–Crippen MR) is 104 cm³/mol. The van der Waals surface area contributed by atoms with Crippen LogP contribution in [0.3, 0.4) is 0 Å². The number of carbonyl (C=O) groups is 1. The molecule has 0 aliphatic carbocycles. The van der Waals surface area contributed by atoms with Crippen LogP contribution in [0.2, 0.25) is 0 Å². The zero-order chi connectivity index (χ0) is 19.3. The van der Waals surface area contributed by atoms with Crippen molar-refractivity contribution in [1.29, 1.82) is 0 Å². The van der Waals surface area contributed by atoms with Crippen LogP contribution in [0.25, 0.3) is 0 Å². The van der Waals surface area contributed by atoms with Crippen LogP contribution in [0.15, 0.2) is 30.3 Å². The summed E-state index contributed by atoms with van der Waals surface area (Å²) in [5.41, 5.74) is 1.32. The second kappa shape index (κ2) is 9.17. The highest BCUT2D eigenvalue weighted by atomic mass is 32.2. The van der Waals surface area contributed by atoms with Crippen LogP contribution in [0, 0.1) is 5.92 Å². The van der Waals surface area contributed by atoms with Gasteiger partial charge in [-0.3, -0.25) is 9.69 Å². The molecule has 0 aromatic heterocycles. The zero-order valence-electron chi connectivity index (χ0n) is 16.0. The van der Waals surface area contributed by atoms with Gasteiger partial charge in [-0.15, -0.1) is 0 Å². The maximum Gasteiger partial charge on any atom is 0.266 e. The fourth-order valence-electron chi connectivity index (χ4n) is 4.04. The summed E-state index contributed by atoms with van der Waals surface area (Å²) in [5, 5.41) is 0. The highest BCUT2D eigenvalue weighted by molar-refractivity contribution is 7.86. The van der Waals surface area contributed by atoms with Crippen LogP contribution in [-0.2, 0) is 25.6 Å². The Bertz CT molecular complexity index is 715. The van der Waals surface area contributed by atoms with Gasteiger partial charge in [0.25, 0.3) is 10.1 Å². The Morgan fingerprint density at radius 3 is 2.44 bits per heavy atom. The Hall–Kier alpha value is -1.44. The molecule has 0 saturated carbocycles. The summed E-state index contributed by atoms with van der Waals surface area (Å²) in [5.74, 6) is 0.398. The summed E-state index contributed by atoms with van der Waals surface area (Å²) in [6.07, 6.45) is 5.31. The first-order valence-electron chi connectivity index (χ1n) is 9.85. The van der Waals surface area contributed by atoms with Crippen molar-refractivity contribution < 1.29 is 17.4 Å². The van der Waals surface area contributed by atoms with Crippen LogP contribution in [-0.4, -0.2) is 56.2 Å². The smallest absolute Gasteiger partial charge is 0.266 e. The maximum atomic E-state index is 12.8. The molecule has 7 heteroatoms. The average molecular weight is 395 g/mol. The van der Waals surface area contributed by atoms with Crippen molar-refractivity contribution in [2.24, 2.45) is 5.92 Å². The standard InChI is InChI=1S/C20H30N2O4S/c1-27(24,25)26-20-9-5-6-12-22(20)19(23)15-17-10-13-21(14-11-17)16-18-7-3-2-4-8-18/h2-4,7-8,17,20H,5-6,9-16H2,1H3. The summed E-state index contributed by atoms with van der Waals surface area (Å²) in [6.45, 7) is 3.54. The minimum atomic E-state index is -3.56. The lowest BCUT2D eigenvalue weighted by atomic mass is 9.92. The van der Waals surface area contributed by atoms with Crippen molar-refractivity contribution in [1.82, 2.24) is 9.80 Å². The molecule has 150 valence electrons. The molecule has 1 unspecified atom stereocenters. The third-order valence-electron chi connectivity index (χ3n) is 5.47. The van der Waals surface area contributed by atoms with Gasteiger partial charge >= 0.3 is 0 Å². The number of amides is 1. The molecule has 2 fully saturated rings. The highest BCUT2D eigenvalue weighted by Crippen LogP contribution is 2.26. The molecule has 2 saturated heterocycles. The summed E-state index contributed by atoms with van der Waals surface area (Å²) in [4.78, 5) is 16.8. The van der Waals surface area contributed by atoms with E-state index in [-0.39, 0.29) is 5.91 Å². The molecule has 0 radical (unpaired) electrons. The molecule has 0 N–H and O–H groups in total. The van der Waals surface area contributed by atoms with E-state index in [1.165, 1.54) is 5.56 Å². The number of hydrogen-bond acceptors (Lipinski definition) is 5. The lowest BCUT2D eigenvalue weighted by molar-refractivity contribution is -0.143. The molecule has 2 heterocycles. The van der Waals surface area contributed by atoms with E-state index < -0.39 is 16.3 Å². The van der Waals surface area contributed by atoms with Gasteiger partial charge in [0.05, 0.1) is 6.26 Å². The SMILES string of the molecule is CS(=O)(=O)OC1CCCCN1C(=O)CC1CCN(Cc2ccccc2)CC1. The molecule has 6 nitrogen and oxygen atoms in total. The molecule has 2 aliphatic heterocycles.